The Kier molecular flexibility index (Phi) is 9.40. The van der Waals surface area contributed by atoms with Crippen LogP contribution in [0.3, 0.4) is 0 Å². The highest BCUT2D eigenvalue weighted by molar-refractivity contribution is 9.10. The topological polar surface area (TPSA) is 110 Å². The van der Waals surface area contributed by atoms with Gasteiger partial charge in [-0.25, -0.2) is 0 Å². The molecule has 7 nitrogen and oxygen atoms in total. The maximum atomic E-state index is 13.4. The lowest BCUT2D eigenvalue weighted by Gasteiger charge is -2.17. The van der Waals surface area contributed by atoms with Crippen molar-refractivity contribution in [3.63, 3.8) is 0 Å². The van der Waals surface area contributed by atoms with E-state index in [-0.39, 0.29) is 36.3 Å². The second-order valence-electron chi connectivity index (χ2n) is 8.14. The van der Waals surface area contributed by atoms with Crippen molar-refractivity contribution in [3.8, 4) is 5.75 Å². The summed E-state index contributed by atoms with van der Waals surface area (Å²) in [5.74, 6) is -3.89. The van der Waals surface area contributed by atoms with E-state index in [0.717, 1.165) is 16.6 Å². The number of alkyl halides is 3. The van der Waals surface area contributed by atoms with Crippen molar-refractivity contribution >= 4 is 39.4 Å². The van der Waals surface area contributed by atoms with Crippen molar-refractivity contribution in [2.45, 2.75) is 25.1 Å². The van der Waals surface area contributed by atoms with Crippen LogP contribution in [-0.2, 0) is 4.79 Å². The SMILES string of the molecule is O=C(O)CCNC(=O)c1ccc(C(CC(=O)c2ccc(Br)cc2)C(=O)c2ccc(OC(F)(F)F)cc2)cc1. The van der Waals surface area contributed by atoms with Crippen LogP contribution in [0.25, 0.3) is 0 Å². The van der Waals surface area contributed by atoms with E-state index in [4.69, 9.17) is 5.11 Å². The van der Waals surface area contributed by atoms with Crippen LogP contribution in [0.1, 0.15) is 55.4 Å². The van der Waals surface area contributed by atoms with Crippen molar-refractivity contribution in [2.75, 3.05) is 6.54 Å². The lowest BCUT2D eigenvalue weighted by Crippen LogP contribution is -2.26. The summed E-state index contributed by atoms with van der Waals surface area (Å²) < 4.78 is 42.1. The highest BCUT2D eigenvalue weighted by atomic mass is 79.9. The monoisotopic (exact) mass is 591 g/mol. The minimum absolute atomic E-state index is 0.0627. The minimum atomic E-state index is -4.88. The van der Waals surface area contributed by atoms with Gasteiger partial charge in [-0.1, -0.05) is 40.2 Å². The number of hydrogen-bond donors (Lipinski definition) is 2. The highest BCUT2D eigenvalue weighted by Gasteiger charge is 2.31. The zero-order valence-electron chi connectivity index (χ0n) is 19.6. The summed E-state index contributed by atoms with van der Waals surface area (Å²) in [5, 5.41) is 11.2. The number of amides is 1. The summed E-state index contributed by atoms with van der Waals surface area (Å²) in [6.07, 6.45) is -5.36. The molecule has 0 spiro atoms. The molecule has 0 saturated carbocycles. The summed E-state index contributed by atoms with van der Waals surface area (Å²) in [5.41, 5.74) is 1.08. The fraction of sp³-hybridized carbons (Fsp3) is 0.185. The first-order valence-corrected chi connectivity index (χ1v) is 12.0. The molecule has 0 radical (unpaired) electrons. The van der Waals surface area contributed by atoms with Gasteiger partial charge in [0.05, 0.1) is 12.3 Å². The van der Waals surface area contributed by atoms with Gasteiger partial charge in [0.2, 0.25) is 0 Å². The molecule has 0 heterocycles. The number of nitrogens with one attached hydrogen (secondary N) is 1. The van der Waals surface area contributed by atoms with Crippen LogP contribution < -0.4 is 10.1 Å². The molecule has 3 aromatic carbocycles. The largest absolute Gasteiger partial charge is 0.573 e. The number of carboxylic acids is 1. The molecule has 0 aliphatic rings. The molecule has 3 aromatic rings. The number of carboxylic acid groups (broad SMARTS) is 1. The van der Waals surface area contributed by atoms with Gasteiger partial charge in [0.25, 0.3) is 5.91 Å². The average molecular weight is 592 g/mol. The van der Waals surface area contributed by atoms with Gasteiger partial charge in [0.1, 0.15) is 5.75 Å². The van der Waals surface area contributed by atoms with E-state index in [0.29, 0.717) is 11.1 Å². The van der Waals surface area contributed by atoms with E-state index >= 15 is 0 Å². The van der Waals surface area contributed by atoms with Crippen LogP contribution in [-0.4, -0.2) is 41.5 Å². The Morgan fingerprint density at radius 1 is 0.842 bits per heavy atom. The Morgan fingerprint density at radius 2 is 1.39 bits per heavy atom. The number of ketones is 2. The first-order valence-electron chi connectivity index (χ1n) is 11.2. The van der Waals surface area contributed by atoms with Gasteiger partial charge >= 0.3 is 12.3 Å². The molecule has 2 N–H and O–H groups in total. The van der Waals surface area contributed by atoms with Crippen molar-refractivity contribution < 1.29 is 42.2 Å². The van der Waals surface area contributed by atoms with Gasteiger partial charge in [0.15, 0.2) is 11.6 Å². The molecular weight excluding hydrogens is 571 g/mol. The Hall–Kier alpha value is -3.99. The molecule has 38 heavy (non-hydrogen) atoms. The van der Waals surface area contributed by atoms with Crippen molar-refractivity contribution in [1.29, 1.82) is 0 Å². The smallest absolute Gasteiger partial charge is 0.481 e. The van der Waals surface area contributed by atoms with Gasteiger partial charge < -0.3 is 15.2 Å². The number of Topliss-reactive ketones (excluding diaryl/α,β-unsaturated/α-hetero) is 2. The predicted molar refractivity (Wildman–Crippen MR) is 134 cm³/mol. The van der Waals surface area contributed by atoms with Crippen molar-refractivity contribution in [2.24, 2.45) is 0 Å². The second kappa shape index (κ2) is 12.5. The molecular formula is C27H21BrF3NO6. The normalized spacial score (nSPS) is 11.9. The third-order valence-electron chi connectivity index (χ3n) is 5.44. The molecule has 1 atom stereocenters. The lowest BCUT2D eigenvalue weighted by atomic mass is 9.85. The molecule has 0 saturated heterocycles. The number of carbonyl (C=O) groups excluding carboxylic acids is 3. The van der Waals surface area contributed by atoms with Crippen LogP contribution in [0, 0.1) is 0 Å². The Labute approximate surface area is 223 Å². The number of rotatable bonds is 11. The molecule has 3 rings (SSSR count). The van der Waals surface area contributed by atoms with E-state index in [1.165, 1.54) is 36.4 Å². The molecule has 0 aliphatic heterocycles. The average Bonchev–Trinajstić information content (AvgIpc) is 2.86. The zero-order valence-corrected chi connectivity index (χ0v) is 21.2. The first-order chi connectivity index (χ1) is 17.9. The third kappa shape index (κ3) is 8.27. The maximum absolute atomic E-state index is 13.4. The number of hydrogen-bond acceptors (Lipinski definition) is 5. The fourth-order valence-corrected chi connectivity index (χ4v) is 3.84. The first kappa shape index (κ1) is 28.6. The van der Waals surface area contributed by atoms with Crippen LogP contribution >= 0.6 is 15.9 Å². The second-order valence-corrected chi connectivity index (χ2v) is 9.06. The lowest BCUT2D eigenvalue weighted by molar-refractivity contribution is -0.274. The van der Waals surface area contributed by atoms with Gasteiger partial charge in [-0.3, -0.25) is 19.2 Å². The Morgan fingerprint density at radius 3 is 1.95 bits per heavy atom. The summed E-state index contributed by atoms with van der Waals surface area (Å²) >= 11 is 3.29. The van der Waals surface area contributed by atoms with Gasteiger partial charge in [-0.05, 0) is 54.1 Å². The van der Waals surface area contributed by atoms with E-state index < -0.39 is 35.7 Å². The van der Waals surface area contributed by atoms with Crippen LogP contribution in [0.4, 0.5) is 13.2 Å². The number of carbonyl (C=O) groups is 4. The van der Waals surface area contributed by atoms with E-state index in [1.807, 2.05) is 0 Å². The molecule has 0 bridgehead atoms. The predicted octanol–water partition coefficient (Wildman–Crippen LogP) is 5.79. The van der Waals surface area contributed by atoms with E-state index in [9.17, 15) is 32.3 Å². The summed E-state index contributed by atoms with van der Waals surface area (Å²) in [6, 6.07) is 16.8. The number of halogens is 4. The minimum Gasteiger partial charge on any atom is -0.481 e. The summed E-state index contributed by atoms with van der Waals surface area (Å²) in [6.45, 7) is -0.0627. The molecule has 1 unspecified atom stereocenters. The van der Waals surface area contributed by atoms with Crippen molar-refractivity contribution in [1.82, 2.24) is 5.32 Å². The van der Waals surface area contributed by atoms with Gasteiger partial charge in [-0.15, -0.1) is 13.2 Å². The molecule has 0 aromatic heterocycles. The molecule has 0 fully saturated rings. The number of ether oxygens (including phenoxy) is 1. The number of aliphatic carboxylic acids is 1. The Balaban J connectivity index is 1.86. The molecule has 198 valence electrons. The molecule has 1 amide bonds. The van der Waals surface area contributed by atoms with E-state index in [2.05, 4.69) is 26.0 Å². The quantitative estimate of drug-likeness (QED) is 0.273. The fourth-order valence-electron chi connectivity index (χ4n) is 3.57. The zero-order chi connectivity index (χ0) is 27.9. The summed E-state index contributed by atoms with van der Waals surface area (Å²) in [4.78, 5) is 49.3. The third-order valence-corrected chi connectivity index (χ3v) is 5.97. The summed E-state index contributed by atoms with van der Waals surface area (Å²) in [7, 11) is 0. The Bertz CT molecular complexity index is 1310. The van der Waals surface area contributed by atoms with Crippen LogP contribution in [0.2, 0.25) is 0 Å². The van der Waals surface area contributed by atoms with Gasteiger partial charge in [-0.2, -0.15) is 0 Å². The van der Waals surface area contributed by atoms with Crippen LogP contribution in [0.15, 0.2) is 77.3 Å². The number of benzene rings is 3. The van der Waals surface area contributed by atoms with Crippen LogP contribution in [0.5, 0.6) is 5.75 Å². The molecule has 0 aliphatic carbocycles. The van der Waals surface area contributed by atoms with E-state index in [1.54, 1.807) is 24.3 Å². The van der Waals surface area contributed by atoms with Gasteiger partial charge in [0, 0.05) is 34.1 Å². The van der Waals surface area contributed by atoms with Crippen molar-refractivity contribution in [3.05, 3.63) is 99.5 Å². The molecule has 11 heteroatoms. The standard InChI is InChI=1S/C27H21BrF3NO6/c28-20-9-5-17(6-10-20)23(33)15-22(25(36)18-7-11-21(12-8-18)38-27(29,30)31)16-1-3-19(4-2-16)26(37)32-14-13-24(34)35/h1-12,22H,13-15H2,(H,32,37)(H,34,35). The maximum Gasteiger partial charge on any atom is 0.573 e. The highest BCUT2D eigenvalue weighted by Crippen LogP contribution is 2.29.